The highest BCUT2D eigenvalue weighted by Gasteiger charge is 2.17. The van der Waals surface area contributed by atoms with Gasteiger partial charge in [0.2, 0.25) is 0 Å². The molecule has 6 rings (SSSR count). The van der Waals surface area contributed by atoms with Gasteiger partial charge in [-0.15, -0.1) is 0 Å². The molecular formula is C38H43N5O2. The molecule has 0 saturated carbocycles. The molecule has 0 bridgehead atoms. The molecule has 1 aromatic heterocycles. The van der Waals surface area contributed by atoms with Crippen molar-refractivity contribution in [3.63, 3.8) is 0 Å². The molecule has 2 fully saturated rings. The number of carbonyl (C=O) groups is 1. The highest BCUT2D eigenvalue weighted by Crippen LogP contribution is 2.33. The summed E-state index contributed by atoms with van der Waals surface area (Å²) in [5.74, 6) is 6.68. The van der Waals surface area contributed by atoms with Gasteiger partial charge in [-0.3, -0.25) is 14.8 Å². The predicted octanol–water partition coefficient (Wildman–Crippen LogP) is 7.12. The largest absolute Gasteiger partial charge is 0.379 e. The number of benzene rings is 3. The van der Waals surface area contributed by atoms with E-state index in [9.17, 15) is 4.79 Å². The first-order valence-corrected chi connectivity index (χ1v) is 16.0. The fraction of sp³-hybridized carbons (Fsp3) is 0.368. The van der Waals surface area contributed by atoms with Gasteiger partial charge in [0, 0.05) is 48.0 Å². The Kier molecular flexibility index (Phi) is 9.46. The first-order chi connectivity index (χ1) is 21.8. The molecule has 7 heteroatoms. The molecular weight excluding hydrogens is 558 g/mol. The maximum absolute atomic E-state index is 13.4. The van der Waals surface area contributed by atoms with E-state index in [0.29, 0.717) is 0 Å². The zero-order chi connectivity index (χ0) is 31.2. The molecule has 2 aliphatic heterocycles. The number of urea groups is 1. The Morgan fingerprint density at radius 2 is 1.67 bits per heavy atom. The third kappa shape index (κ3) is 7.90. The van der Waals surface area contributed by atoms with Crippen LogP contribution in [-0.2, 0) is 16.7 Å². The van der Waals surface area contributed by atoms with Crippen LogP contribution >= 0.6 is 0 Å². The lowest BCUT2D eigenvalue weighted by molar-refractivity contribution is 0.0336. The number of hydrogen-bond acceptors (Lipinski definition) is 5. The lowest BCUT2D eigenvalue weighted by Gasteiger charge is -2.26. The molecule has 0 unspecified atom stereocenters. The second kappa shape index (κ2) is 13.8. The molecule has 3 heterocycles. The van der Waals surface area contributed by atoms with E-state index in [1.165, 1.54) is 12.8 Å². The normalized spacial score (nSPS) is 15.9. The minimum Gasteiger partial charge on any atom is -0.379 e. The quantitative estimate of drug-likeness (QED) is 0.230. The van der Waals surface area contributed by atoms with Crippen molar-refractivity contribution in [3.8, 4) is 23.0 Å². The monoisotopic (exact) mass is 601 g/mol. The van der Waals surface area contributed by atoms with Crippen molar-refractivity contribution in [1.29, 1.82) is 0 Å². The number of anilines is 2. The van der Waals surface area contributed by atoms with Gasteiger partial charge in [0.1, 0.15) is 0 Å². The average molecular weight is 602 g/mol. The van der Waals surface area contributed by atoms with Gasteiger partial charge < -0.3 is 15.4 Å². The Labute approximate surface area is 267 Å². The fourth-order valence-electron chi connectivity index (χ4n) is 6.01. The summed E-state index contributed by atoms with van der Waals surface area (Å²) < 4.78 is 5.47. The number of carbonyl (C=O) groups excluding carboxylic acids is 1. The van der Waals surface area contributed by atoms with Crippen LogP contribution in [0.4, 0.5) is 16.2 Å². The summed E-state index contributed by atoms with van der Waals surface area (Å²) in [6, 6.07) is 22.3. The maximum Gasteiger partial charge on any atom is 0.323 e. The van der Waals surface area contributed by atoms with Gasteiger partial charge in [-0.25, -0.2) is 4.79 Å². The van der Waals surface area contributed by atoms with Crippen molar-refractivity contribution in [2.24, 2.45) is 0 Å². The first-order valence-electron chi connectivity index (χ1n) is 16.0. The summed E-state index contributed by atoms with van der Waals surface area (Å²) in [5.41, 5.74) is 6.62. The number of nitrogens with one attached hydrogen (secondary N) is 2. The minimum absolute atomic E-state index is 0.0822. The van der Waals surface area contributed by atoms with Crippen molar-refractivity contribution >= 4 is 28.2 Å². The standard InChI is InChI=1S/C38H43N5O2/c1-38(2,3)30-23-28(9-8-18-42-16-6-7-17-42)24-32(25-30)40-37(44)41-36-15-14-33(34-10-4-5-11-35(34)36)29-12-13-31(39-26-29)27-43-19-21-45-22-20-43/h4-5,10-15,23-26H,6-7,16-22,27H2,1-3H3,(H2,40,41,44). The van der Waals surface area contributed by atoms with Crippen LogP contribution < -0.4 is 10.6 Å². The Morgan fingerprint density at radius 3 is 2.40 bits per heavy atom. The van der Waals surface area contributed by atoms with Crippen LogP contribution in [0.5, 0.6) is 0 Å². The summed E-state index contributed by atoms with van der Waals surface area (Å²) in [7, 11) is 0. The molecule has 3 aromatic carbocycles. The summed E-state index contributed by atoms with van der Waals surface area (Å²) >= 11 is 0. The van der Waals surface area contributed by atoms with E-state index in [1.807, 2.05) is 42.6 Å². The van der Waals surface area contributed by atoms with Crippen LogP contribution in [0.1, 0.15) is 50.4 Å². The van der Waals surface area contributed by atoms with Crippen molar-refractivity contribution in [3.05, 3.63) is 89.7 Å². The number of hydrogen-bond donors (Lipinski definition) is 2. The van der Waals surface area contributed by atoms with E-state index >= 15 is 0 Å². The van der Waals surface area contributed by atoms with Crippen LogP contribution in [0.25, 0.3) is 21.9 Å². The van der Waals surface area contributed by atoms with Crippen molar-refractivity contribution < 1.29 is 9.53 Å². The topological polar surface area (TPSA) is 69.7 Å². The van der Waals surface area contributed by atoms with Gasteiger partial charge in [0.15, 0.2) is 0 Å². The SMILES string of the molecule is CC(C)(C)c1cc(C#CCN2CCCC2)cc(NC(=O)Nc2ccc(-c3ccc(CN4CCOCC4)nc3)c3ccccc23)c1. The molecule has 0 aliphatic carbocycles. The number of morpholine rings is 1. The van der Waals surface area contributed by atoms with Gasteiger partial charge in [0.05, 0.1) is 31.1 Å². The van der Waals surface area contributed by atoms with Crippen LogP contribution in [0.2, 0.25) is 0 Å². The molecule has 2 N–H and O–H groups in total. The van der Waals surface area contributed by atoms with E-state index in [0.717, 1.165) is 103 Å². The van der Waals surface area contributed by atoms with Gasteiger partial charge in [-0.2, -0.15) is 0 Å². The molecule has 2 saturated heterocycles. The average Bonchev–Trinajstić information content (AvgIpc) is 3.55. The third-order valence-electron chi connectivity index (χ3n) is 8.59. The van der Waals surface area contributed by atoms with E-state index in [-0.39, 0.29) is 11.4 Å². The fourth-order valence-corrected chi connectivity index (χ4v) is 6.01. The molecule has 2 amide bonds. The summed E-state index contributed by atoms with van der Waals surface area (Å²) in [4.78, 5) is 22.9. The lowest BCUT2D eigenvalue weighted by atomic mass is 9.86. The van der Waals surface area contributed by atoms with E-state index in [4.69, 9.17) is 9.72 Å². The zero-order valence-electron chi connectivity index (χ0n) is 26.7. The molecule has 7 nitrogen and oxygen atoms in total. The number of amides is 2. The van der Waals surface area contributed by atoms with Crippen LogP contribution in [-0.4, -0.2) is 66.8 Å². The molecule has 45 heavy (non-hydrogen) atoms. The predicted molar refractivity (Wildman–Crippen MR) is 184 cm³/mol. The van der Waals surface area contributed by atoms with E-state index in [2.05, 4.69) is 83.4 Å². The second-order valence-electron chi connectivity index (χ2n) is 13.0. The number of nitrogens with zero attached hydrogens (tertiary/aromatic N) is 3. The number of fused-ring (bicyclic) bond motifs is 1. The van der Waals surface area contributed by atoms with Gasteiger partial charge >= 0.3 is 6.03 Å². The number of rotatable bonds is 6. The Bertz CT molecular complexity index is 1700. The van der Waals surface area contributed by atoms with Gasteiger partial charge in [-0.1, -0.05) is 69.0 Å². The highest BCUT2D eigenvalue weighted by molar-refractivity contribution is 6.09. The number of ether oxygens (including phenoxy) is 1. The molecule has 0 spiro atoms. The smallest absolute Gasteiger partial charge is 0.323 e. The molecule has 232 valence electrons. The number of likely N-dealkylation sites (tertiary alicyclic amines) is 1. The highest BCUT2D eigenvalue weighted by atomic mass is 16.5. The van der Waals surface area contributed by atoms with Crippen molar-refractivity contribution in [2.75, 3.05) is 56.6 Å². The molecule has 2 aliphatic rings. The van der Waals surface area contributed by atoms with Gasteiger partial charge in [0.25, 0.3) is 0 Å². The van der Waals surface area contributed by atoms with E-state index in [1.54, 1.807) is 0 Å². The zero-order valence-corrected chi connectivity index (χ0v) is 26.7. The Balaban J connectivity index is 1.19. The number of pyridine rings is 1. The lowest BCUT2D eigenvalue weighted by Crippen LogP contribution is -2.35. The second-order valence-corrected chi connectivity index (χ2v) is 13.0. The molecule has 4 aromatic rings. The molecule has 0 atom stereocenters. The summed E-state index contributed by atoms with van der Waals surface area (Å²) in [6.07, 6.45) is 4.45. The Hall–Kier alpha value is -4.22. The Morgan fingerprint density at radius 1 is 0.889 bits per heavy atom. The molecule has 0 radical (unpaired) electrons. The van der Waals surface area contributed by atoms with Crippen LogP contribution in [0.15, 0.2) is 72.9 Å². The summed E-state index contributed by atoms with van der Waals surface area (Å²) in [5, 5.41) is 8.21. The van der Waals surface area contributed by atoms with Gasteiger partial charge in [-0.05, 0) is 78.2 Å². The third-order valence-corrected chi connectivity index (χ3v) is 8.59. The number of aromatic nitrogens is 1. The van der Waals surface area contributed by atoms with E-state index < -0.39 is 0 Å². The van der Waals surface area contributed by atoms with Crippen LogP contribution in [0, 0.1) is 11.8 Å². The first kappa shape index (κ1) is 30.8. The minimum atomic E-state index is -0.288. The van der Waals surface area contributed by atoms with Crippen molar-refractivity contribution in [1.82, 2.24) is 14.8 Å². The van der Waals surface area contributed by atoms with Crippen LogP contribution in [0.3, 0.4) is 0 Å². The summed E-state index contributed by atoms with van der Waals surface area (Å²) in [6.45, 7) is 13.8. The maximum atomic E-state index is 13.4. The van der Waals surface area contributed by atoms with Crippen molar-refractivity contribution in [2.45, 2.75) is 45.6 Å².